The molecule has 4 rings (SSSR count). The molecule has 0 radical (unpaired) electrons. The highest BCUT2D eigenvalue weighted by Gasteiger charge is 2.38. The van der Waals surface area contributed by atoms with Crippen LogP contribution in [0, 0.1) is 6.92 Å². The molecule has 2 aromatic rings. The van der Waals surface area contributed by atoms with Crippen molar-refractivity contribution in [2.24, 2.45) is 7.05 Å². The summed E-state index contributed by atoms with van der Waals surface area (Å²) >= 11 is 3.49. The molecule has 0 spiro atoms. The van der Waals surface area contributed by atoms with Gasteiger partial charge < -0.3 is 9.84 Å². The van der Waals surface area contributed by atoms with E-state index in [0.717, 1.165) is 36.6 Å². The number of carboxylic acid groups (broad SMARTS) is 1. The second-order valence-electron chi connectivity index (χ2n) is 8.68. The van der Waals surface area contributed by atoms with Crippen molar-refractivity contribution < 1.29 is 14.6 Å². The standard InChI is InChI=1S/C23H30BrN3O3/c1-15-11-21(25-26(15)2)17-5-9-19(10-6-17)27-13-22(23(28)29)30-14-20(27)12-16-3-7-18(24)8-4-16/h3-4,7-8,11,17,19-20,22H,5-6,9-10,12-14H2,1-2H3,(H,28,29). The number of aromatic nitrogens is 2. The second-order valence-corrected chi connectivity index (χ2v) is 9.60. The predicted octanol–water partition coefficient (Wildman–Crippen LogP) is 3.91. The van der Waals surface area contributed by atoms with E-state index in [1.165, 1.54) is 17.0 Å². The molecule has 7 heteroatoms. The minimum Gasteiger partial charge on any atom is -0.479 e. The van der Waals surface area contributed by atoms with Crippen LogP contribution in [0.5, 0.6) is 0 Å². The van der Waals surface area contributed by atoms with E-state index >= 15 is 0 Å². The lowest BCUT2D eigenvalue weighted by molar-refractivity contribution is -0.162. The van der Waals surface area contributed by atoms with E-state index in [4.69, 9.17) is 4.74 Å². The minimum atomic E-state index is -0.861. The Hall–Kier alpha value is -1.70. The largest absolute Gasteiger partial charge is 0.479 e. The van der Waals surface area contributed by atoms with Gasteiger partial charge in [-0.2, -0.15) is 5.10 Å². The van der Waals surface area contributed by atoms with Crippen molar-refractivity contribution in [2.45, 2.75) is 63.1 Å². The van der Waals surface area contributed by atoms with E-state index in [-0.39, 0.29) is 6.04 Å². The van der Waals surface area contributed by atoms with Gasteiger partial charge in [-0.15, -0.1) is 0 Å². The maximum Gasteiger partial charge on any atom is 0.334 e. The number of carboxylic acids is 1. The fourth-order valence-corrected chi connectivity index (χ4v) is 5.14. The first-order valence-electron chi connectivity index (χ1n) is 10.8. The van der Waals surface area contributed by atoms with Crippen LogP contribution in [0.2, 0.25) is 0 Å². The monoisotopic (exact) mass is 475 g/mol. The Morgan fingerprint density at radius 3 is 2.53 bits per heavy atom. The van der Waals surface area contributed by atoms with Crippen LogP contribution in [-0.2, 0) is 23.0 Å². The lowest BCUT2D eigenvalue weighted by atomic mass is 9.82. The van der Waals surface area contributed by atoms with Gasteiger partial charge in [0, 0.05) is 41.8 Å². The molecular weight excluding hydrogens is 446 g/mol. The molecule has 1 N–H and O–H groups in total. The van der Waals surface area contributed by atoms with Crippen LogP contribution < -0.4 is 0 Å². The van der Waals surface area contributed by atoms with Gasteiger partial charge in [0.1, 0.15) is 0 Å². The third-order valence-corrected chi connectivity index (χ3v) is 7.24. The zero-order valence-corrected chi connectivity index (χ0v) is 19.2. The molecule has 1 aromatic heterocycles. The van der Waals surface area contributed by atoms with Crippen molar-refractivity contribution in [3.8, 4) is 0 Å². The summed E-state index contributed by atoms with van der Waals surface area (Å²) in [4.78, 5) is 14.0. The minimum absolute atomic E-state index is 0.209. The smallest absolute Gasteiger partial charge is 0.334 e. The zero-order valence-electron chi connectivity index (χ0n) is 17.6. The molecule has 2 atom stereocenters. The molecule has 30 heavy (non-hydrogen) atoms. The van der Waals surface area contributed by atoms with Crippen molar-refractivity contribution in [3.05, 3.63) is 51.8 Å². The summed E-state index contributed by atoms with van der Waals surface area (Å²) in [6, 6.07) is 11.2. The summed E-state index contributed by atoms with van der Waals surface area (Å²) < 4.78 is 8.73. The second kappa shape index (κ2) is 9.20. The number of halogens is 1. The molecule has 2 heterocycles. The molecule has 162 valence electrons. The Bertz CT molecular complexity index is 855. The van der Waals surface area contributed by atoms with E-state index < -0.39 is 12.1 Å². The van der Waals surface area contributed by atoms with Crippen molar-refractivity contribution in [2.75, 3.05) is 13.2 Å². The number of aryl methyl sites for hydroxylation is 2. The summed E-state index contributed by atoms with van der Waals surface area (Å²) in [5.41, 5.74) is 3.65. The fraction of sp³-hybridized carbons (Fsp3) is 0.565. The molecule has 2 unspecified atom stereocenters. The summed E-state index contributed by atoms with van der Waals surface area (Å²) in [6.07, 6.45) is 4.48. The Labute approximate surface area is 186 Å². The number of nitrogens with zero attached hydrogens (tertiary/aromatic N) is 3. The predicted molar refractivity (Wildman–Crippen MR) is 119 cm³/mol. The number of rotatable bonds is 5. The first-order valence-corrected chi connectivity index (χ1v) is 11.5. The number of carbonyl (C=O) groups is 1. The van der Waals surface area contributed by atoms with Crippen LogP contribution in [0.15, 0.2) is 34.8 Å². The third kappa shape index (κ3) is 4.79. The van der Waals surface area contributed by atoms with Gasteiger partial charge in [-0.25, -0.2) is 4.79 Å². The first-order chi connectivity index (χ1) is 14.4. The number of aliphatic carboxylic acids is 1. The van der Waals surface area contributed by atoms with Gasteiger partial charge in [-0.1, -0.05) is 28.1 Å². The highest BCUT2D eigenvalue weighted by molar-refractivity contribution is 9.10. The van der Waals surface area contributed by atoms with E-state index in [0.29, 0.717) is 25.1 Å². The first kappa shape index (κ1) is 21.5. The molecule has 1 aromatic carbocycles. The molecule has 0 amide bonds. The summed E-state index contributed by atoms with van der Waals surface area (Å²) in [6.45, 7) is 3.02. The van der Waals surface area contributed by atoms with Crippen LogP contribution in [0.3, 0.4) is 0 Å². The summed E-state index contributed by atoms with van der Waals surface area (Å²) in [5.74, 6) is -0.359. The van der Waals surface area contributed by atoms with Crippen molar-refractivity contribution >= 4 is 21.9 Å². The lowest BCUT2D eigenvalue weighted by Crippen LogP contribution is -2.57. The number of benzene rings is 1. The maximum atomic E-state index is 11.6. The fourth-order valence-electron chi connectivity index (χ4n) is 4.87. The number of hydrogen-bond donors (Lipinski definition) is 1. The SMILES string of the molecule is Cc1cc(C2CCC(N3CC(C(=O)O)OCC3Cc3ccc(Br)cc3)CC2)nn1C. The van der Waals surface area contributed by atoms with Gasteiger partial charge in [-0.05, 0) is 62.8 Å². The Kier molecular flexibility index (Phi) is 6.60. The average molecular weight is 476 g/mol. The normalized spacial score (nSPS) is 27.8. The van der Waals surface area contributed by atoms with E-state index in [2.05, 4.69) is 63.2 Å². The number of ether oxygens (including phenoxy) is 1. The molecule has 1 saturated carbocycles. The van der Waals surface area contributed by atoms with Crippen molar-refractivity contribution in [1.29, 1.82) is 0 Å². The molecule has 2 fully saturated rings. The van der Waals surface area contributed by atoms with Crippen LogP contribution in [0.25, 0.3) is 0 Å². The van der Waals surface area contributed by atoms with E-state index in [1.807, 2.05) is 11.7 Å². The maximum absolute atomic E-state index is 11.6. The topological polar surface area (TPSA) is 67.6 Å². The van der Waals surface area contributed by atoms with Gasteiger partial charge in [0.15, 0.2) is 6.10 Å². The average Bonchev–Trinajstić information content (AvgIpc) is 3.08. The van der Waals surface area contributed by atoms with Gasteiger partial charge in [0.2, 0.25) is 0 Å². The van der Waals surface area contributed by atoms with Crippen LogP contribution in [0.4, 0.5) is 0 Å². The lowest BCUT2D eigenvalue weighted by Gasteiger charge is -2.45. The summed E-state index contributed by atoms with van der Waals surface area (Å²) in [5, 5.41) is 14.2. The van der Waals surface area contributed by atoms with Gasteiger partial charge in [-0.3, -0.25) is 9.58 Å². The Morgan fingerprint density at radius 2 is 1.93 bits per heavy atom. The molecule has 1 aliphatic heterocycles. The molecule has 0 bridgehead atoms. The Balaban J connectivity index is 1.45. The highest BCUT2D eigenvalue weighted by atomic mass is 79.9. The molecule has 2 aliphatic rings. The van der Waals surface area contributed by atoms with Gasteiger partial charge in [0.05, 0.1) is 12.3 Å². The van der Waals surface area contributed by atoms with Gasteiger partial charge in [0.25, 0.3) is 0 Å². The van der Waals surface area contributed by atoms with Crippen molar-refractivity contribution in [3.63, 3.8) is 0 Å². The molecule has 1 saturated heterocycles. The molecular formula is C23H30BrN3O3. The molecule has 1 aliphatic carbocycles. The van der Waals surface area contributed by atoms with Gasteiger partial charge >= 0.3 is 5.97 Å². The third-order valence-electron chi connectivity index (χ3n) is 6.71. The van der Waals surface area contributed by atoms with Crippen LogP contribution in [0.1, 0.15) is 48.6 Å². The number of hydrogen-bond acceptors (Lipinski definition) is 4. The highest BCUT2D eigenvalue weighted by Crippen LogP contribution is 2.36. The van der Waals surface area contributed by atoms with E-state index in [9.17, 15) is 9.90 Å². The van der Waals surface area contributed by atoms with E-state index in [1.54, 1.807) is 0 Å². The zero-order chi connectivity index (χ0) is 21.3. The van der Waals surface area contributed by atoms with Crippen LogP contribution >= 0.6 is 15.9 Å². The Morgan fingerprint density at radius 1 is 1.23 bits per heavy atom. The van der Waals surface area contributed by atoms with Crippen LogP contribution in [-0.4, -0.2) is 57.1 Å². The quantitative estimate of drug-likeness (QED) is 0.709. The molecule has 6 nitrogen and oxygen atoms in total. The van der Waals surface area contributed by atoms with Crippen molar-refractivity contribution in [1.82, 2.24) is 14.7 Å². The number of morpholine rings is 1. The summed E-state index contributed by atoms with van der Waals surface area (Å²) in [7, 11) is 2.00.